The highest BCUT2D eigenvalue weighted by molar-refractivity contribution is 5.79. The number of aliphatic carboxylic acids is 1. The van der Waals surface area contributed by atoms with Gasteiger partial charge in [-0.1, -0.05) is 29.8 Å². The normalized spacial score (nSPS) is 23.8. The van der Waals surface area contributed by atoms with Crippen LogP contribution in [0.25, 0.3) is 0 Å². The first-order chi connectivity index (χ1) is 8.61. The summed E-state index contributed by atoms with van der Waals surface area (Å²) in [7, 11) is 0. The maximum Gasteiger partial charge on any atom is 0.315 e. The van der Waals surface area contributed by atoms with Gasteiger partial charge in [0.1, 0.15) is 5.41 Å². The van der Waals surface area contributed by atoms with Crippen molar-refractivity contribution in [2.45, 2.75) is 12.3 Å². The Balaban J connectivity index is 2.04. The van der Waals surface area contributed by atoms with E-state index in [4.69, 9.17) is 9.47 Å². The minimum atomic E-state index is -0.819. The third kappa shape index (κ3) is 1.30. The number of hydrogen-bond donors (Lipinski definition) is 1. The number of aryl methyl sites for hydroxylation is 1. The number of ether oxygens (including phenoxy) is 2. The van der Waals surface area contributed by atoms with Crippen LogP contribution in [0.3, 0.4) is 0 Å². The highest BCUT2D eigenvalue weighted by Crippen LogP contribution is 2.51. The van der Waals surface area contributed by atoms with Crippen molar-refractivity contribution in [1.82, 2.24) is 0 Å². The van der Waals surface area contributed by atoms with Gasteiger partial charge in [0.25, 0.3) is 0 Å². The number of hydrogen-bond acceptors (Lipinski definition) is 3. The zero-order valence-corrected chi connectivity index (χ0v) is 10.3. The second kappa shape index (κ2) is 3.80. The van der Waals surface area contributed by atoms with E-state index >= 15 is 0 Å². The van der Waals surface area contributed by atoms with E-state index in [0.717, 1.165) is 5.56 Å². The first kappa shape index (κ1) is 11.7. The van der Waals surface area contributed by atoms with Crippen molar-refractivity contribution in [3.8, 4) is 0 Å². The molecule has 2 saturated heterocycles. The molecule has 0 amide bonds. The van der Waals surface area contributed by atoms with E-state index in [0.29, 0.717) is 13.2 Å². The quantitative estimate of drug-likeness (QED) is 0.877. The molecule has 1 aromatic carbocycles. The summed E-state index contributed by atoms with van der Waals surface area (Å²) in [6.07, 6.45) is 0. The largest absolute Gasteiger partial charge is 0.481 e. The highest BCUT2D eigenvalue weighted by atomic mass is 16.5. The van der Waals surface area contributed by atoms with E-state index in [-0.39, 0.29) is 13.2 Å². The molecule has 96 valence electrons. The van der Waals surface area contributed by atoms with Gasteiger partial charge in [-0.05, 0) is 12.5 Å². The van der Waals surface area contributed by atoms with Gasteiger partial charge in [0.05, 0.1) is 31.8 Å². The SMILES string of the molecule is Cc1ccc(C2(C3(C(=O)O)COC3)COC2)cc1. The minimum absolute atomic E-state index is 0.277. The molecule has 2 fully saturated rings. The molecule has 0 atom stereocenters. The Bertz CT molecular complexity index is 469. The second-order valence-corrected chi connectivity index (χ2v) is 5.32. The molecule has 0 aliphatic carbocycles. The molecule has 3 rings (SSSR count). The number of benzene rings is 1. The Hall–Kier alpha value is -1.39. The zero-order valence-electron chi connectivity index (χ0n) is 10.3. The molecule has 4 nitrogen and oxygen atoms in total. The lowest BCUT2D eigenvalue weighted by atomic mass is 9.57. The maximum absolute atomic E-state index is 11.6. The van der Waals surface area contributed by atoms with Gasteiger partial charge in [-0.25, -0.2) is 0 Å². The predicted octanol–water partition coefficient (Wildman–Crippen LogP) is 1.36. The molecule has 2 aliphatic rings. The van der Waals surface area contributed by atoms with Gasteiger partial charge in [-0.2, -0.15) is 0 Å². The van der Waals surface area contributed by atoms with Crippen LogP contribution in [0.15, 0.2) is 24.3 Å². The molecule has 0 radical (unpaired) electrons. The summed E-state index contributed by atoms with van der Waals surface area (Å²) in [5.74, 6) is -0.780. The lowest BCUT2D eigenvalue weighted by molar-refractivity contribution is -0.236. The summed E-state index contributed by atoms with van der Waals surface area (Å²) in [5.41, 5.74) is 0.971. The molecule has 18 heavy (non-hydrogen) atoms. The zero-order chi connectivity index (χ0) is 12.8. The van der Waals surface area contributed by atoms with Gasteiger partial charge in [0.2, 0.25) is 0 Å². The third-order valence-electron chi connectivity index (χ3n) is 4.32. The molecular formula is C14H16O4. The van der Waals surface area contributed by atoms with Crippen LogP contribution in [0.5, 0.6) is 0 Å². The molecule has 2 heterocycles. The maximum atomic E-state index is 11.6. The van der Waals surface area contributed by atoms with Gasteiger partial charge in [-0.15, -0.1) is 0 Å². The highest BCUT2D eigenvalue weighted by Gasteiger charge is 2.65. The molecule has 0 unspecified atom stereocenters. The van der Waals surface area contributed by atoms with E-state index < -0.39 is 16.8 Å². The van der Waals surface area contributed by atoms with E-state index in [9.17, 15) is 9.90 Å². The van der Waals surface area contributed by atoms with Crippen molar-refractivity contribution in [3.63, 3.8) is 0 Å². The number of carboxylic acids is 1. The summed E-state index contributed by atoms with van der Waals surface area (Å²) in [5, 5.41) is 9.56. The smallest absolute Gasteiger partial charge is 0.315 e. The van der Waals surface area contributed by atoms with E-state index in [1.165, 1.54) is 5.56 Å². The lowest BCUT2D eigenvalue weighted by Gasteiger charge is -2.56. The Morgan fingerprint density at radius 3 is 2.00 bits per heavy atom. The Kier molecular flexibility index (Phi) is 2.47. The Morgan fingerprint density at radius 2 is 1.67 bits per heavy atom. The summed E-state index contributed by atoms with van der Waals surface area (Å²) < 4.78 is 10.5. The van der Waals surface area contributed by atoms with Crippen LogP contribution in [0.1, 0.15) is 11.1 Å². The molecule has 0 spiro atoms. The number of carbonyl (C=O) groups is 1. The Labute approximate surface area is 106 Å². The van der Waals surface area contributed by atoms with Crippen LogP contribution in [0, 0.1) is 12.3 Å². The first-order valence-corrected chi connectivity index (χ1v) is 6.07. The molecule has 0 saturated carbocycles. The molecule has 2 aliphatic heterocycles. The van der Waals surface area contributed by atoms with Gasteiger partial charge >= 0.3 is 5.97 Å². The van der Waals surface area contributed by atoms with Crippen LogP contribution in [0.2, 0.25) is 0 Å². The van der Waals surface area contributed by atoms with Crippen molar-refractivity contribution in [2.75, 3.05) is 26.4 Å². The molecule has 4 heteroatoms. The van der Waals surface area contributed by atoms with Crippen LogP contribution >= 0.6 is 0 Å². The summed E-state index contributed by atoms with van der Waals surface area (Å²) in [6, 6.07) is 8.07. The lowest BCUT2D eigenvalue weighted by Crippen LogP contribution is -2.69. The number of rotatable bonds is 3. The van der Waals surface area contributed by atoms with Gasteiger partial charge in [-0.3, -0.25) is 4.79 Å². The topological polar surface area (TPSA) is 55.8 Å². The van der Waals surface area contributed by atoms with Crippen molar-refractivity contribution in [1.29, 1.82) is 0 Å². The standard InChI is InChI=1S/C14H16O4/c1-10-2-4-11(5-3-10)13(6-17-7-13)14(12(15)16)8-18-9-14/h2-5H,6-9H2,1H3,(H,15,16). The van der Waals surface area contributed by atoms with Crippen LogP contribution in [-0.4, -0.2) is 37.5 Å². The van der Waals surface area contributed by atoms with Gasteiger partial charge in [0, 0.05) is 0 Å². The number of carboxylic acid groups (broad SMARTS) is 1. The van der Waals surface area contributed by atoms with E-state index in [1.807, 2.05) is 31.2 Å². The fraction of sp³-hybridized carbons (Fsp3) is 0.500. The van der Waals surface area contributed by atoms with Crippen molar-refractivity contribution < 1.29 is 19.4 Å². The van der Waals surface area contributed by atoms with E-state index in [2.05, 4.69) is 0 Å². The fourth-order valence-electron chi connectivity index (χ4n) is 2.81. The summed E-state index contributed by atoms with van der Waals surface area (Å²) in [6.45, 7) is 3.50. The van der Waals surface area contributed by atoms with E-state index in [1.54, 1.807) is 0 Å². The average Bonchev–Trinajstić information content (AvgIpc) is 2.21. The molecule has 0 aromatic heterocycles. The molecular weight excluding hydrogens is 232 g/mol. The monoisotopic (exact) mass is 248 g/mol. The van der Waals surface area contributed by atoms with Crippen LogP contribution in [0.4, 0.5) is 0 Å². The predicted molar refractivity (Wildman–Crippen MR) is 64.6 cm³/mol. The first-order valence-electron chi connectivity index (χ1n) is 6.07. The third-order valence-corrected chi connectivity index (χ3v) is 4.32. The minimum Gasteiger partial charge on any atom is -0.481 e. The van der Waals surface area contributed by atoms with Crippen LogP contribution in [-0.2, 0) is 19.7 Å². The van der Waals surface area contributed by atoms with Gasteiger partial charge in [0.15, 0.2) is 0 Å². The summed E-state index contributed by atoms with van der Waals surface area (Å²) in [4.78, 5) is 11.6. The molecule has 0 bridgehead atoms. The van der Waals surface area contributed by atoms with Crippen molar-refractivity contribution >= 4 is 5.97 Å². The summed E-state index contributed by atoms with van der Waals surface area (Å²) >= 11 is 0. The van der Waals surface area contributed by atoms with Crippen molar-refractivity contribution in [2.24, 2.45) is 5.41 Å². The fourth-order valence-corrected chi connectivity index (χ4v) is 2.81. The average molecular weight is 248 g/mol. The Morgan fingerprint density at radius 1 is 1.11 bits per heavy atom. The second-order valence-electron chi connectivity index (χ2n) is 5.32. The van der Waals surface area contributed by atoms with Gasteiger partial charge < -0.3 is 14.6 Å². The molecule has 1 aromatic rings. The molecule has 1 N–H and O–H groups in total. The van der Waals surface area contributed by atoms with Crippen LogP contribution < -0.4 is 0 Å². The van der Waals surface area contributed by atoms with Crippen molar-refractivity contribution in [3.05, 3.63) is 35.4 Å².